The molecular weight excluding hydrogens is 292 g/mol. The molecule has 114 valence electrons. The maximum absolute atomic E-state index is 12.1. The Morgan fingerprint density at radius 3 is 3.00 bits per heavy atom. The normalized spacial score (nSPS) is 16.9. The van der Waals surface area contributed by atoms with E-state index in [9.17, 15) is 4.79 Å². The summed E-state index contributed by atoms with van der Waals surface area (Å²) < 4.78 is 0. The summed E-state index contributed by atoms with van der Waals surface area (Å²) in [5.41, 5.74) is 4.72. The van der Waals surface area contributed by atoms with Gasteiger partial charge in [-0.1, -0.05) is 30.3 Å². The minimum atomic E-state index is 0.0642. The molecule has 1 aliphatic heterocycles. The van der Waals surface area contributed by atoms with E-state index < -0.39 is 0 Å². The Bertz CT molecular complexity index is 654. The molecule has 1 N–H and O–H groups in total. The van der Waals surface area contributed by atoms with Crippen molar-refractivity contribution in [3.63, 3.8) is 0 Å². The monoisotopic (exact) mass is 312 g/mol. The fourth-order valence-corrected chi connectivity index (χ4v) is 3.94. The number of nitrogens with zero attached hydrogens (tertiary/aromatic N) is 1. The van der Waals surface area contributed by atoms with E-state index in [1.165, 1.54) is 11.1 Å². The minimum absolute atomic E-state index is 0.0642. The molecule has 1 aromatic carbocycles. The van der Waals surface area contributed by atoms with Gasteiger partial charge in [-0.15, -0.1) is 0 Å². The van der Waals surface area contributed by atoms with Crippen LogP contribution in [-0.4, -0.2) is 23.2 Å². The van der Waals surface area contributed by atoms with E-state index in [0.29, 0.717) is 18.2 Å². The van der Waals surface area contributed by atoms with E-state index in [1.807, 2.05) is 30.8 Å². The zero-order valence-electron chi connectivity index (χ0n) is 12.7. The molecule has 0 bridgehead atoms. The van der Waals surface area contributed by atoms with Crippen LogP contribution in [0, 0.1) is 6.92 Å². The highest BCUT2D eigenvalue weighted by atomic mass is 32.2. The Labute approximate surface area is 135 Å². The first kappa shape index (κ1) is 15.1. The molecule has 2 aromatic rings. The SMILES string of the molecule is Cc1ccc(CC(=O)NCC2SCCc3ccccc32)cn1. The molecule has 1 amide bonds. The van der Waals surface area contributed by atoms with Crippen molar-refractivity contribution in [2.45, 2.75) is 25.0 Å². The predicted octanol–water partition coefficient (Wildman–Crippen LogP) is 3.08. The minimum Gasteiger partial charge on any atom is -0.354 e. The first-order valence-corrected chi connectivity index (χ1v) is 8.65. The number of hydrogen-bond donors (Lipinski definition) is 1. The molecule has 4 heteroatoms. The van der Waals surface area contributed by atoms with Crippen LogP contribution in [0.4, 0.5) is 0 Å². The second-order valence-electron chi connectivity index (χ2n) is 5.60. The molecule has 1 unspecified atom stereocenters. The molecule has 3 rings (SSSR count). The molecular formula is C18H20N2OS. The Morgan fingerprint density at radius 1 is 1.32 bits per heavy atom. The number of thioether (sulfide) groups is 1. The zero-order chi connectivity index (χ0) is 15.4. The van der Waals surface area contributed by atoms with Gasteiger partial charge < -0.3 is 5.32 Å². The van der Waals surface area contributed by atoms with Crippen molar-refractivity contribution in [2.75, 3.05) is 12.3 Å². The lowest BCUT2D eigenvalue weighted by atomic mass is 10.0. The Balaban J connectivity index is 1.56. The van der Waals surface area contributed by atoms with Gasteiger partial charge in [0.1, 0.15) is 0 Å². The van der Waals surface area contributed by atoms with E-state index in [2.05, 4.69) is 34.6 Å². The van der Waals surface area contributed by atoms with Crippen molar-refractivity contribution in [1.82, 2.24) is 10.3 Å². The van der Waals surface area contributed by atoms with Crippen LogP contribution >= 0.6 is 11.8 Å². The van der Waals surface area contributed by atoms with Crippen molar-refractivity contribution in [3.8, 4) is 0 Å². The molecule has 0 saturated heterocycles. The van der Waals surface area contributed by atoms with Gasteiger partial charge >= 0.3 is 0 Å². The van der Waals surface area contributed by atoms with Crippen LogP contribution in [0.25, 0.3) is 0 Å². The lowest BCUT2D eigenvalue weighted by molar-refractivity contribution is -0.120. The molecule has 0 fully saturated rings. The van der Waals surface area contributed by atoms with Gasteiger partial charge in [0.15, 0.2) is 0 Å². The second-order valence-corrected chi connectivity index (χ2v) is 6.91. The van der Waals surface area contributed by atoms with Gasteiger partial charge in [0.2, 0.25) is 5.91 Å². The molecule has 1 aromatic heterocycles. The van der Waals surface area contributed by atoms with Crippen molar-refractivity contribution in [2.24, 2.45) is 0 Å². The maximum atomic E-state index is 12.1. The van der Waals surface area contributed by atoms with Crippen LogP contribution in [0.3, 0.4) is 0 Å². The average Bonchev–Trinajstić information content (AvgIpc) is 2.55. The third-order valence-corrected chi connectivity index (χ3v) is 5.18. The molecule has 0 saturated carbocycles. The van der Waals surface area contributed by atoms with Gasteiger partial charge in [0, 0.05) is 23.7 Å². The Kier molecular flexibility index (Phi) is 4.78. The molecule has 22 heavy (non-hydrogen) atoms. The Hall–Kier alpha value is -1.81. The molecule has 1 aliphatic rings. The van der Waals surface area contributed by atoms with Gasteiger partial charge in [0.05, 0.1) is 6.42 Å². The van der Waals surface area contributed by atoms with Gasteiger partial charge in [-0.25, -0.2) is 0 Å². The number of nitrogens with one attached hydrogen (secondary N) is 1. The van der Waals surface area contributed by atoms with E-state index in [1.54, 1.807) is 6.20 Å². The number of rotatable bonds is 4. The van der Waals surface area contributed by atoms with Gasteiger partial charge in [-0.2, -0.15) is 11.8 Å². The van der Waals surface area contributed by atoms with Crippen molar-refractivity contribution in [3.05, 3.63) is 65.0 Å². The van der Waals surface area contributed by atoms with Crippen LogP contribution in [0.2, 0.25) is 0 Å². The zero-order valence-corrected chi connectivity index (χ0v) is 13.5. The quantitative estimate of drug-likeness (QED) is 0.943. The summed E-state index contributed by atoms with van der Waals surface area (Å²) in [5, 5.41) is 3.43. The number of benzene rings is 1. The largest absolute Gasteiger partial charge is 0.354 e. The van der Waals surface area contributed by atoms with E-state index in [0.717, 1.165) is 23.4 Å². The van der Waals surface area contributed by atoms with E-state index in [-0.39, 0.29) is 5.91 Å². The first-order chi connectivity index (χ1) is 10.7. The summed E-state index contributed by atoms with van der Waals surface area (Å²) in [7, 11) is 0. The summed E-state index contributed by atoms with van der Waals surface area (Å²) in [6.07, 6.45) is 3.30. The molecule has 0 aliphatic carbocycles. The van der Waals surface area contributed by atoms with Crippen molar-refractivity contribution in [1.29, 1.82) is 0 Å². The highest BCUT2D eigenvalue weighted by Gasteiger charge is 2.20. The second kappa shape index (κ2) is 6.97. The third-order valence-electron chi connectivity index (χ3n) is 3.91. The van der Waals surface area contributed by atoms with Crippen LogP contribution in [-0.2, 0) is 17.6 Å². The number of fused-ring (bicyclic) bond motifs is 1. The molecule has 0 spiro atoms. The maximum Gasteiger partial charge on any atom is 0.224 e. The average molecular weight is 312 g/mol. The fraction of sp³-hybridized carbons (Fsp3) is 0.333. The third kappa shape index (κ3) is 3.69. The number of aromatic nitrogens is 1. The highest BCUT2D eigenvalue weighted by Crippen LogP contribution is 2.35. The highest BCUT2D eigenvalue weighted by molar-refractivity contribution is 7.99. The van der Waals surface area contributed by atoms with Crippen LogP contribution in [0.1, 0.15) is 27.6 Å². The first-order valence-electron chi connectivity index (χ1n) is 7.60. The Morgan fingerprint density at radius 2 is 2.18 bits per heavy atom. The van der Waals surface area contributed by atoms with Gasteiger partial charge in [-0.05, 0) is 41.9 Å². The summed E-state index contributed by atoms with van der Waals surface area (Å²) in [6.45, 7) is 2.64. The van der Waals surface area contributed by atoms with Crippen LogP contribution < -0.4 is 5.32 Å². The van der Waals surface area contributed by atoms with Gasteiger partial charge in [-0.3, -0.25) is 9.78 Å². The molecule has 2 heterocycles. The van der Waals surface area contributed by atoms with Gasteiger partial charge in [0.25, 0.3) is 0 Å². The summed E-state index contributed by atoms with van der Waals surface area (Å²) >= 11 is 1.93. The smallest absolute Gasteiger partial charge is 0.224 e. The van der Waals surface area contributed by atoms with E-state index >= 15 is 0 Å². The van der Waals surface area contributed by atoms with E-state index in [4.69, 9.17) is 0 Å². The molecule has 1 atom stereocenters. The standard InChI is InChI=1S/C18H20N2OS/c1-13-6-7-14(11-19-13)10-18(21)20-12-17-16-5-3-2-4-15(16)8-9-22-17/h2-7,11,17H,8-10,12H2,1H3,(H,20,21). The number of aryl methyl sites for hydroxylation is 2. The van der Waals surface area contributed by atoms with Crippen molar-refractivity contribution < 1.29 is 4.79 Å². The number of carbonyl (C=O) groups excluding carboxylic acids is 1. The number of carbonyl (C=O) groups is 1. The topological polar surface area (TPSA) is 42.0 Å². The summed E-state index contributed by atoms with van der Waals surface area (Å²) in [5.74, 6) is 1.19. The van der Waals surface area contributed by atoms with Crippen LogP contribution in [0.5, 0.6) is 0 Å². The molecule has 3 nitrogen and oxygen atoms in total. The lowest BCUT2D eigenvalue weighted by Crippen LogP contribution is -2.30. The predicted molar refractivity (Wildman–Crippen MR) is 91.0 cm³/mol. The lowest BCUT2D eigenvalue weighted by Gasteiger charge is -2.25. The van der Waals surface area contributed by atoms with Crippen molar-refractivity contribution >= 4 is 17.7 Å². The molecule has 0 radical (unpaired) electrons. The summed E-state index contributed by atoms with van der Waals surface area (Å²) in [4.78, 5) is 16.3. The van der Waals surface area contributed by atoms with Crippen LogP contribution in [0.15, 0.2) is 42.6 Å². The number of hydrogen-bond acceptors (Lipinski definition) is 3. The fourth-order valence-electron chi connectivity index (χ4n) is 2.70. The number of pyridine rings is 1. The summed E-state index contributed by atoms with van der Waals surface area (Å²) in [6, 6.07) is 12.5. The number of amides is 1.